The van der Waals surface area contributed by atoms with Gasteiger partial charge in [0.05, 0.1) is 8.07 Å². The molecule has 0 atom stereocenters. The van der Waals surface area contributed by atoms with Crippen LogP contribution in [0.1, 0.15) is 47.1 Å². The molecule has 1 heterocycles. The van der Waals surface area contributed by atoms with Crippen molar-refractivity contribution in [2.24, 2.45) is 0 Å². The number of rotatable bonds is 6. The van der Waals surface area contributed by atoms with Gasteiger partial charge in [-0.1, -0.05) is 77.6 Å². The molecule has 1 aromatic rings. The summed E-state index contributed by atoms with van der Waals surface area (Å²) in [6, 6.07) is 10.3. The first kappa shape index (κ1) is 18.7. The van der Waals surface area contributed by atoms with Gasteiger partial charge in [0.1, 0.15) is 5.76 Å². The van der Waals surface area contributed by atoms with Gasteiger partial charge in [0.25, 0.3) is 0 Å². The minimum absolute atomic E-state index is 0.230. The Kier molecular flexibility index (Phi) is 5.86. The monoisotopic (exact) mass is 342 g/mol. The third-order valence-corrected chi connectivity index (χ3v) is 12.2. The van der Waals surface area contributed by atoms with E-state index in [-0.39, 0.29) is 5.97 Å². The second kappa shape index (κ2) is 7.52. The molecule has 2 rings (SSSR count). The van der Waals surface area contributed by atoms with E-state index in [1.165, 1.54) is 5.56 Å². The Balaban J connectivity index is 2.41. The molecule has 0 bridgehead atoms. The molecule has 1 aromatic carbocycles. The third kappa shape index (κ3) is 3.72. The van der Waals surface area contributed by atoms with Gasteiger partial charge in [-0.2, -0.15) is 0 Å². The Morgan fingerprint density at radius 2 is 1.50 bits per heavy atom. The van der Waals surface area contributed by atoms with Crippen LogP contribution in [0.25, 0.3) is 0 Å². The van der Waals surface area contributed by atoms with Gasteiger partial charge in [-0.3, -0.25) is 0 Å². The molecule has 1 aliphatic rings. The summed E-state index contributed by atoms with van der Waals surface area (Å²) in [6.07, 6.45) is 2.41. The SMILES string of the molecule is CC(C)[Si](/C=C1\OC(=O)C=C1Cc1ccccc1)(C(C)C)C(C)C. The highest BCUT2D eigenvalue weighted by molar-refractivity contribution is 6.88. The number of esters is 1. The van der Waals surface area contributed by atoms with Crippen molar-refractivity contribution in [2.75, 3.05) is 0 Å². The van der Waals surface area contributed by atoms with Gasteiger partial charge in [0.15, 0.2) is 0 Å². The molecule has 0 saturated heterocycles. The summed E-state index contributed by atoms with van der Waals surface area (Å²) in [4.78, 5) is 11.9. The molecule has 0 amide bonds. The van der Waals surface area contributed by atoms with Crippen molar-refractivity contribution in [1.29, 1.82) is 0 Å². The van der Waals surface area contributed by atoms with Crippen LogP contribution in [0, 0.1) is 0 Å². The minimum Gasteiger partial charge on any atom is -0.424 e. The van der Waals surface area contributed by atoms with Gasteiger partial charge < -0.3 is 4.74 Å². The predicted octanol–water partition coefficient (Wildman–Crippen LogP) is 5.81. The molecule has 0 aliphatic carbocycles. The van der Waals surface area contributed by atoms with Crippen LogP contribution >= 0.6 is 0 Å². The summed E-state index contributed by atoms with van der Waals surface area (Å²) >= 11 is 0. The number of carbonyl (C=O) groups is 1. The van der Waals surface area contributed by atoms with Gasteiger partial charge in [-0.15, -0.1) is 0 Å². The van der Waals surface area contributed by atoms with Crippen LogP contribution in [-0.2, 0) is 16.0 Å². The largest absolute Gasteiger partial charge is 0.424 e. The van der Waals surface area contributed by atoms with Gasteiger partial charge >= 0.3 is 5.97 Å². The second-order valence-corrected chi connectivity index (χ2v) is 13.5. The number of allylic oxidation sites excluding steroid dienone is 1. The Bertz CT molecular complexity index is 617. The van der Waals surface area contributed by atoms with E-state index in [1.807, 2.05) is 18.2 Å². The molecule has 0 spiro atoms. The average Bonchev–Trinajstić information content (AvgIpc) is 2.84. The molecule has 2 nitrogen and oxygen atoms in total. The summed E-state index contributed by atoms with van der Waals surface area (Å²) < 4.78 is 5.62. The zero-order valence-corrected chi connectivity index (χ0v) is 16.8. The molecule has 130 valence electrons. The number of carbonyl (C=O) groups excluding carboxylic acids is 1. The smallest absolute Gasteiger partial charge is 0.336 e. The molecule has 3 heteroatoms. The summed E-state index contributed by atoms with van der Waals surface area (Å²) in [7, 11) is -1.76. The Labute approximate surface area is 147 Å². The van der Waals surface area contributed by atoms with Crippen molar-refractivity contribution < 1.29 is 9.53 Å². The fourth-order valence-corrected chi connectivity index (χ4v) is 9.92. The fourth-order valence-electron chi connectivity index (χ4n) is 4.22. The van der Waals surface area contributed by atoms with E-state index in [4.69, 9.17) is 4.74 Å². The first-order chi connectivity index (χ1) is 11.3. The van der Waals surface area contributed by atoms with Crippen molar-refractivity contribution in [3.8, 4) is 0 Å². The van der Waals surface area contributed by atoms with E-state index in [0.29, 0.717) is 16.6 Å². The number of cyclic esters (lactones) is 1. The lowest BCUT2D eigenvalue weighted by Gasteiger charge is -2.40. The minimum atomic E-state index is -1.76. The Hall–Kier alpha value is -1.61. The van der Waals surface area contributed by atoms with Crippen LogP contribution in [-0.4, -0.2) is 14.0 Å². The lowest BCUT2D eigenvalue weighted by molar-refractivity contribution is -0.132. The third-order valence-electron chi connectivity index (χ3n) is 5.44. The predicted molar refractivity (Wildman–Crippen MR) is 103 cm³/mol. The maximum absolute atomic E-state index is 11.9. The molecule has 1 aliphatic heterocycles. The van der Waals surface area contributed by atoms with Crippen LogP contribution < -0.4 is 0 Å². The van der Waals surface area contributed by atoms with Crippen LogP contribution in [0.2, 0.25) is 16.6 Å². The van der Waals surface area contributed by atoms with Crippen LogP contribution in [0.4, 0.5) is 0 Å². The lowest BCUT2D eigenvalue weighted by Crippen LogP contribution is -2.43. The summed E-state index contributed by atoms with van der Waals surface area (Å²) in [5.74, 6) is 0.581. The molecule has 0 radical (unpaired) electrons. The highest BCUT2D eigenvalue weighted by atomic mass is 28.3. The van der Waals surface area contributed by atoms with E-state index >= 15 is 0 Å². The van der Waals surface area contributed by atoms with Gasteiger partial charge in [0, 0.05) is 18.1 Å². The molecule has 0 fully saturated rings. The Morgan fingerprint density at radius 3 is 2.00 bits per heavy atom. The lowest BCUT2D eigenvalue weighted by atomic mass is 10.0. The van der Waals surface area contributed by atoms with Crippen LogP contribution in [0.15, 0.2) is 53.4 Å². The maximum Gasteiger partial charge on any atom is 0.336 e. The van der Waals surface area contributed by atoms with Crippen molar-refractivity contribution in [3.05, 3.63) is 59.0 Å². The normalized spacial score (nSPS) is 17.1. The summed E-state index contributed by atoms with van der Waals surface area (Å²) in [5.41, 5.74) is 6.39. The maximum atomic E-state index is 11.9. The van der Waals surface area contributed by atoms with E-state index in [9.17, 15) is 4.79 Å². The molecule has 0 saturated carbocycles. The van der Waals surface area contributed by atoms with Crippen molar-refractivity contribution in [2.45, 2.75) is 64.6 Å². The van der Waals surface area contributed by atoms with Gasteiger partial charge in [0.2, 0.25) is 0 Å². The second-order valence-electron chi connectivity index (χ2n) is 7.73. The molecular weight excluding hydrogens is 312 g/mol. The van der Waals surface area contributed by atoms with Crippen LogP contribution in [0.3, 0.4) is 0 Å². The zero-order chi connectivity index (χ0) is 17.9. The Morgan fingerprint density at radius 1 is 0.958 bits per heavy atom. The number of hydrogen-bond donors (Lipinski definition) is 0. The van der Waals surface area contributed by atoms with E-state index in [1.54, 1.807) is 6.08 Å². The molecule has 0 N–H and O–H groups in total. The summed E-state index contributed by atoms with van der Waals surface area (Å²) in [5, 5.41) is 0. The molecule has 24 heavy (non-hydrogen) atoms. The molecule has 0 aromatic heterocycles. The van der Waals surface area contributed by atoms with Crippen molar-refractivity contribution >= 4 is 14.0 Å². The van der Waals surface area contributed by atoms with Gasteiger partial charge in [-0.05, 0) is 22.2 Å². The number of hydrogen-bond acceptors (Lipinski definition) is 2. The summed E-state index contributed by atoms with van der Waals surface area (Å²) in [6.45, 7) is 13.9. The highest BCUT2D eigenvalue weighted by Crippen LogP contribution is 2.44. The number of ether oxygens (including phenoxy) is 1. The quantitative estimate of drug-likeness (QED) is 0.481. The molecule has 0 unspecified atom stereocenters. The number of benzene rings is 1. The fraction of sp³-hybridized carbons (Fsp3) is 0.476. The first-order valence-electron chi connectivity index (χ1n) is 8.96. The standard InChI is InChI=1S/C21H30O2Si/c1-15(2)24(16(3)4,17(5)6)14-20-19(13-21(22)23-20)12-18-10-8-7-9-11-18/h7-11,13-17H,12H2,1-6H3/b20-14-. The van der Waals surface area contributed by atoms with E-state index in [0.717, 1.165) is 17.8 Å². The van der Waals surface area contributed by atoms with Crippen molar-refractivity contribution in [1.82, 2.24) is 0 Å². The van der Waals surface area contributed by atoms with E-state index < -0.39 is 8.07 Å². The van der Waals surface area contributed by atoms with E-state index in [2.05, 4.69) is 59.4 Å². The highest BCUT2D eigenvalue weighted by Gasteiger charge is 2.42. The zero-order valence-electron chi connectivity index (χ0n) is 15.8. The molecular formula is C21H30O2Si. The van der Waals surface area contributed by atoms with Crippen molar-refractivity contribution in [3.63, 3.8) is 0 Å². The topological polar surface area (TPSA) is 26.3 Å². The average molecular weight is 343 g/mol. The van der Waals surface area contributed by atoms with Crippen LogP contribution in [0.5, 0.6) is 0 Å². The van der Waals surface area contributed by atoms with Gasteiger partial charge in [-0.25, -0.2) is 4.79 Å². The first-order valence-corrected chi connectivity index (χ1v) is 11.3.